The minimum Gasteiger partial charge on any atom is -0.398 e. The Morgan fingerprint density at radius 1 is 1.47 bits per heavy atom. The summed E-state index contributed by atoms with van der Waals surface area (Å²) in [5.74, 6) is 1.82. The molecule has 0 atom stereocenters. The zero-order chi connectivity index (χ0) is 13.7. The summed E-state index contributed by atoms with van der Waals surface area (Å²) in [5, 5.41) is 0. The molecular formula is C12H16N4OS2. The van der Waals surface area contributed by atoms with Crippen molar-refractivity contribution in [2.24, 2.45) is 0 Å². The van der Waals surface area contributed by atoms with Gasteiger partial charge in [-0.2, -0.15) is 4.37 Å². The van der Waals surface area contributed by atoms with Crippen LogP contribution in [0.15, 0.2) is 27.5 Å². The molecular weight excluding hydrogens is 280 g/mol. The van der Waals surface area contributed by atoms with Gasteiger partial charge in [0.1, 0.15) is 5.82 Å². The molecule has 0 saturated heterocycles. The molecule has 19 heavy (non-hydrogen) atoms. The van der Waals surface area contributed by atoms with E-state index in [-0.39, 0.29) is 5.56 Å². The van der Waals surface area contributed by atoms with E-state index < -0.39 is 0 Å². The molecule has 0 aliphatic rings. The Balaban J connectivity index is 1.80. The molecule has 0 spiro atoms. The Bertz CT molecular complexity index is 593. The maximum absolute atomic E-state index is 11.6. The highest BCUT2D eigenvalue weighted by molar-refractivity contribution is 8.00. The normalized spacial score (nSPS) is 10.8. The maximum Gasteiger partial charge on any atom is 0.250 e. The molecule has 2 N–H and O–H groups in total. The van der Waals surface area contributed by atoms with Crippen LogP contribution in [0.1, 0.15) is 19.2 Å². The Morgan fingerprint density at radius 2 is 2.32 bits per heavy atom. The number of hydrogen-bond donors (Lipinski definition) is 1. The quantitative estimate of drug-likeness (QED) is 0.652. The van der Waals surface area contributed by atoms with Crippen LogP contribution in [0.4, 0.5) is 5.69 Å². The molecule has 0 saturated carbocycles. The van der Waals surface area contributed by atoms with Crippen molar-refractivity contribution in [3.63, 3.8) is 0 Å². The summed E-state index contributed by atoms with van der Waals surface area (Å²) in [5.41, 5.74) is 6.26. The maximum atomic E-state index is 11.6. The van der Waals surface area contributed by atoms with Gasteiger partial charge < -0.3 is 10.3 Å². The van der Waals surface area contributed by atoms with E-state index in [4.69, 9.17) is 5.73 Å². The average molecular weight is 296 g/mol. The lowest BCUT2D eigenvalue weighted by molar-refractivity contribution is 0.660. The lowest BCUT2D eigenvalue weighted by Crippen LogP contribution is -2.19. The predicted octanol–water partition coefficient (Wildman–Crippen LogP) is 2.03. The van der Waals surface area contributed by atoms with Crippen molar-refractivity contribution in [2.45, 2.75) is 30.6 Å². The molecule has 0 aliphatic heterocycles. The van der Waals surface area contributed by atoms with E-state index in [1.54, 1.807) is 28.6 Å². The highest BCUT2D eigenvalue weighted by Crippen LogP contribution is 2.21. The molecule has 5 nitrogen and oxygen atoms in total. The van der Waals surface area contributed by atoms with Gasteiger partial charge in [-0.15, -0.1) is 0 Å². The molecule has 2 aromatic rings. The van der Waals surface area contributed by atoms with Gasteiger partial charge in [-0.05, 0) is 24.0 Å². The number of aryl methyl sites for hydroxylation is 2. The number of rotatable bonds is 6. The largest absolute Gasteiger partial charge is 0.398 e. The number of nitrogens with two attached hydrogens (primary N) is 1. The summed E-state index contributed by atoms with van der Waals surface area (Å²) in [4.78, 5) is 15.9. The standard InChI is InChI=1S/C12H16N4OS2/c1-2-10-14-12(19-15-10)18-7-3-6-16-8-9(13)4-5-11(16)17/h4-5,8H,2-3,6-7,13H2,1H3. The van der Waals surface area contributed by atoms with Crippen molar-refractivity contribution in [3.05, 3.63) is 34.5 Å². The second-order valence-electron chi connectivity index (χ2n) is 4.03. The van der Waals surface area contributed by atoms with Gasteiger partial charge in [-0.25, -0.2) is 4.98 Å². The number of pyridine rings is 1. The summed E-state index contributed by atoms with van der Waals surface area (Å²) >= 11 is 3.12. The smallest absolute Gasteiger partial charge is 0.250 e. The SMILES string of the molecule is CCc1nsc(SCCCn2cc(N)ccc2=O)n1. The fourth-order valence-electron chi connectivity index (χ4n) is 1.56. The van der Waals surface area contributed by atoms with Gasteiger partial charge in [-0.3, -0.25) is 4.79 Å². The van der Waals surface area contributed by atoms with Crippen molar-refractivity contribution in [1.82, 2.24) is 13.9 Å². The fraction of sp³-hybridized carbons (Fsp3) is 0.417. The van der Waals surface area contributed by atoms with E-state index in [0.29, 0.717) is 12.2 Å². The van der Waals surface area contributed by atoms with E-state index >= 15 is 0 Å². The first-order valence-corrected chi connectivity index (χ1v) is 7.86. The minimum atomic E-state index is -0.0108. The van der Waals surface area contributed by atoms with Crippen molar-refractivity contribution in [1.29, 1.82) is 0 Å². The van der Waals surface area contributed by atoms with Gasteiger partial charge in [0.15, 0.2) is 4.34 Å². The summed E-state index contributed by atoms with van der Waals surface area (Å²) in [6.07, 6.45) is 3.46. The predicted molar refractivity (Wildman–Crippen MR) is 79.7 cm³/mol. The van der Waals surface area contributed by atoms with Crippen LogP contribution in [0, 0.1) is 0 Å². The second kappa shape index (κ2) is 6.72. The highest BCUT2D eigenvalue weighted by Gasteiger charge is 2.03. The van der Waals surface area contributed by atoms with E-state index in [0.717, 1.165) is 28.8 Å². The third kappa shape index (κ3) is 4.07. The molecule has 0 unspecified atom stereocenters. The first-order chi connectivity index (χ1) is 9.19. The first-order valence-electron chi connectivity index (χ1n) is 6.10. The van der Waals surface area contributed by atoms with Crippen LogP contribution in [-0.2, 0) is 13.0 Å². The minimum absolute atomic E-state index is 0.0108. The summed E-state index contributed by atoms with van der Waals surface area (Å²) in [6.45, 7) is 2.72. The van der Waals surface area contributed by atoms with Crippen LogP contribution in [0.3, 0.4) is 0 Å². The fourth-order valence-corrected chi connectivity index (χ4v) is 3.25. The molecule has 0 bridgehead atoms. The lowest BCUT2D eigenvalue weighted by Gasteiger charge is -2.05. The van der Waals surface area contributed by atoms with Crippen LogP contribution in [0.25, 0.3) is 0 Å². The monoisotopic (exact) mass is 296 g/mol. The molecule has 0 aliphatic carbocycles. The third-order valence-electron chi connectivity index (χ3n) is 2.54. The van der Waals surface area contributed by atoms with Crippen LogP contribution in [0.5, 0.6) is 0 Å². The average Bonchev–Trinajstić information content (AvgIpc) is 2.86. The molecule has 7 heteroatoms. The summed E-state index contributed by atoms with van der Waals surface area (Å²) in [7, 11) is 0. The van der Waals surface area contributed by atoms with Gasteiger partial charge in [0.25, 0.3) is 5.56 Å². The van der Waals surface area contributed by atoms with Crippen LogP contribution in [-0.4, -0.2) is 19.7 Å². The van der Waals surface area contributed by atoms with Gasteiger partial charge in [0.05, 0.1) is 0 Å². The molecule has 102 valence electrons. The molecule has 0 fully saturated rings. The lowest BCUT2D eigenvalue weighted by atomic mass is 10.4. The third-order valence-corrected chi connectivity index (χ3v) is 4.50. The Kier molecular flexibility index (Phi) is 4.98. The molecule has 2 rings (SSSR count). The molecule has 2 aromatic heterocycles. The molecule has 0 radical (unpaired) electrons. The zero-order valence-electron chi connectivity index (χ0n) is 10.7. The zero-order valence-corrected chi connectivity index (χ0v) is 12.3. The van der Waals surface area contributed by atoms with E-state index in [2.05, 4.69) is 9.36 Å². The molecule has 0 aromatic carbocycles. The van der Waals surface area contributed by atoms with Crippen molar-refractivity contribution >= 4 is 29.0 Å². The number of nitrogens with zero attached hydrogens (tertiary/aromatic N) is 3. The Labute approximate surface area is 120 Å². The van der Waals surface area contributed by atoms with Crippen molar-refractivity contribution in [3.8, 4) is 0 Å². The number of aromatic nitrogens is 3. The van der Waals surface area contributed by atoms with Crippen molar-refractivity contribution < 1.29 is 0 Å². The van der Waals surface area contributed by atoms with Gasteiger partial charge in [0, 0.05) is 36.7 Å². The first kappa shape index (κ1) is 14.1. The number of hydrogen-bond acceptors (Lipinski definition) is 6. The number of nitrogen functional groups attached to an aromatic ring is 1. The Hall–Kier alpha value is -1.34. The molecule has 2 heterocycles. The van der Waals surface area contributed by atoms with Crippen LogP contribution in [0.2, 0.25) is 0 Å². The van der Waals surface area contributed by atoms with E-state index in [9.17, 15) is 4.79 Å². The second-order valence-corrected chi connectivity index (χ2v) is 6.12. The van der Waals surface area contributed by atoms with Gasteiger partial charge in [0.2, 0.25) is 0 Å². The van der Waals surface area contributed by atoms with E-state index in [1.807, 2.05) is 6.92 Å². The molecule has 0 amide bonds. The van der Waals surface area contributed by atoms with Crippen molar-refractivity contribution in [2.75, 3.05) is 11.5 Å². The number of thioether (sulfide) groups is 1. The van der Waals surface area contributed by atoms with Gasteiger partial charge >= 0.3 is 0 Å². The number of anilines is 1. The summed E-state index contributed by atoms with van der Waals surface area (Å²) < 4.78 is 6.88. The summed E-state index contributed by atoms with van der Waals surface area (Å²) in [6, 6.07) is 3.13. The Morgan fingerprint density at radius 3 is 3.05 bits per heavy atom. The topological polar surface area (TPSA) is 73.8 Å². The van der Waals surface area contributed by atoms with Crippen LogP contribution >= 0.6 is 23.3 Å². The van der Waals surface area contributed by atoms with Crippen LogP contribution < -0.4 is 11.3 Å². The van der Waals surface area contributed by atoms with Gasteiger partial charge in [-0.1, -0.05) is 18.7 Å². The van der Waals surface area contributed by atoms with E-state index in [1.165, 1.54) is 17.6 Å². The highest BCUT2D eigenvalue weighted by atomic mass is 32.2.